The summed E-state index contributed by atoms with van der Waals surface area (Å²) in [5.74, 6) is -0.557. The fourth-order valence-electron chi connectivity index (χ4n) is 3.60. The minimum atomic E-state index is -0.314. The van der Waals surface area contributed by atoms with E-state index in [0.29, 0.717) is 11.3 Å². The molecule has 0 N–H and O–H groups in total. The lowest BCUT2D eigenvalue weighted by Crippen LogP contribution is -2.37. The van der Waals surface area contributed by atoms with Crippen LogP contribution in [0.4, 0.5) is 5.69 Å². The van der Waals surface area contributed by atoms with Gasteiger partial charge in [0.05, 0.1) is 11.3 Å². The number of benzene rings is 2. The van der Waals surface area contributed by atoms with Gasteiger partial charge in [-0.3, -0.25) is 9.69 Å². The van der Waals surface area contributed by atoms with E-state index in [-0.39, 0.29) is 30.8 Å². The molecule has 4 rings (SSSR count). The number of hydrogen-bond donors (Lipinski definition) is 0. The minimum absolute atomic E-state index is 0.00627. The highest BCUT2D eigenvalue weighted by Crippen LogP contribution is 2.41. The normalized spacial score (nSPS) is 19.9. The number of esters is 1. The number of rotatable bonds is 2. The molecule has 126 valence electrons. The summed E-state index contributed by atoms with van der Waals surface area (Å²) in [6, 6.07) is 15.8. The molecular weight excluding hydrogens is 314 g/mol. The first kappa shape index (κ1) is 15.6. The Morgan fingerprint density at radius 3 is 2.48 bits per heavy atom. The maximum absolute atomic E-state index is 12.9. The minimum Gasteiger partial charge on any atom is -0.456 e. The van der Waals surface area contributed by atoms with Crippen LogP contribution in [0.3, 0.4) is 0 Å². The molecular formula is C21H19NO3. The van der Waals surface area contributed by atoms with Crippen molar-refractivity contribution in [1.29, 1.82) is 0 Å². The van der Waals surface area contributed by atoms with E-state index >= 15 is 0 Å². The van der Waals surface area contributed by atoms with Crippen molar-refractivity contribution in [3.63, 3.8) is 0 Å². The zero-order valence-corrected chi connectivity index (χ0v) is 14.3. The van der Waals surface area contributed by atoms with Crippen LogP contribution in [0.5, 0.6) is 0 Å². The van der Waals surface area contributed by atoms with Gasteiger partial charge in [-0.2, -0.15) is 0 Å². The molecule has 0 spiro atoms. The second kappa shape index (κ2) is 5.88. The van der Waals surface area contributed by atoms with Crippen molar-refractivity contribution in [3.05, 3.63) is 76.5 Å². The SMILES string of the molecule is Cc1ccc(C2CC(=O)N(c3cccc(C)c3)C3=C2C(=O)OC3)cc1. The molecule has 0 aromatic heterocycles. The molecule has 1 amide bonds. The molecule has 2 aliphatic heterocycles. The lowest BCUT2D eigenvalue weighted by atomic mass is 9.84. The van der Waals surface area contributed by atoms with Crippen LogP contribution in [0, 0.1) is 13.8 Å². The molecule has 4 heteroatoms. The van der Waals surface area contributed by atoms with E-state index < -0.39 is 0 Å². The summed E-state index contributed by atoms with van der Waals surface area (Å²) in [5, 5.41) is 0. The van der Waals surface area contributed by atoms with Gasteiger partial charge in [0, 0.05) is 18.0 Å². The quantitative estimate of drug-likeness (QED) is 0.788. The molecule has 2 heterocycles. The van der Waals surface area contributed by atoms with Crippen molar-refractivity contribution >= 4 is 17.6 Å². The molecule has 25 heavy (non-hydrogen) atoms. The fraction of sp³-hybridized carbons (Fsp3) is 0.238. The van der Waals surface area contributed by atoms with Crippen LogP contribution in [0.1, 0.15) is 29.0 Å². The number of anilines is 1. The number of cyclic esters (lactones) is 1. The molecule has 0 aliphatic carbocycles. The standard InChI is InChI=1S/C21H19NO3/c1-13-6-8-15(9-7-13)17-11-19(23)22(16-5-3-4-14(2)10-16)18-12-25-21(24)20(17)18/h3-10,17H,11-12H2,1-2H3. The Morgan fingerprint density at radius 1 is 1.00 bits per heavy atom. The van der Waals surface area contributed by atoms with Gasteiger partial charge < -0.3 is 4.74 Å². The number of carbonyl (C=O) groups is 2. The average molecular weight is 333 g/mol. The predicted octanol–water partition coefficient (Wildman–Crippen LogP) is 3.63. The molecule has 1 unspecified atom stereocenters. The Bertz CT molecular complexity index is 896. The molecule has 0 saturated carbocycles. The zero-order valence-electron chi connectivity index (χ0n) is 14.3. The second-order valence-corrected chi connectivity index (χ2v) is 6.67. The molecule has 1 atom stereocenters. The first-order valence-electron chi connectivity index (χ1n) is 8.41. The van der Waals surface area contributed by atoms with Crippen molar-refractivity contribution in [2.45, 2.75) is 26.2 Å². The van der Waals surface area contributed by atoms with Gasteiger partial charge in [-0.05, 0) is 37.1 Å². The Hall–Kier alpha value is -2.88. The smallest absolute Gasteiger partial charge is 0.336 e. The van der Waals surface area contributed by atoms with E-state index in [4.69, 9.17) is 4.74 Å². The number of nitrogens with zero attached hydrogens (tertiary/aromatic N) is 1. The number of ether oxygens (including phenoxy) is 1. The van der Waals surface area contributed by atoms with Gasteiger partial charge in [-0.25, -0.2) is 4.79 Å². The lowest BCUT2D eigenvalue weighted by Gasteiger charge is -2.32. The average Bonchev–Trinajstić information content (AvgIpc) is 2.96. The van der Waals surface area contributed by atoms with E-state index in [2.05, 4.69) is 0 Å². The van der Waals surface area contributed by atoms with Gasteiger partial charge in [0.15, 0.2) is 0 Å². The van der Waals surface area contributed by atoms with E-state index in [1.54, 1.807) is 4.90 Å². The van der Waals surface area contributed by atoms with Crippen LogP contribution in [0.2, 0.25) is 0 Å². The number of carbonyl (C=O) groups excluding carboxylic acids is 2. The second-order valence-electron chi connectivity index (χ2n) is 6.67. The summed E-state index contributed by atoms with van der Waals surface area (Å²) in [6.07, 6.45) is 0.269. The van der Waals surface area contributed by atoms with Gasteiger partial charge in [-0.1, -0.05) is 42.0 Å². The third kappa shape index (κ3) is 2.64. The number of amides is 1. The third-order valence-corrected chi connectivity index (χ3v) is 4.86. The molecule has 0 saturated heterocycles. The van der Waals surface area contributed by atoms with Gasteiger partial charge >= 0.3 is 5.97 Å². The van der Waals surface area contributed by atoms with Gasteiger partial charge in [0.25, 0.3) is 0 Å². The summed E-state index contributed by atoms with van der Waals surface area (Å²) in [5.41, 5.74) is 5.28. The van der Waals surface area contributed by atoms with E-state index in [1.165, 1.54) is 0 Å². The highest BCUT2D eigenvalue weighted by Gasteiger charge is 2.42. The monoisotopic (exact) mass is 333 g/mol. The van der Waals surface area contributed by atoms with E-state index in [0.717, 1.165) is 22.4 Å². The van der Waals surface area contributed by atoms with Gasteiger partial charge in [0.2, 0.25) is 5.91 Å². The van der Waals surface area contributed by atoms with Crippen LogP contribution in [-0.4, -0.2) is 18.5 Å². The highest BCUT2D eigenvalue weighted by molar-refractivity contribution is 6.06. The number of aryl methyl sites for hydroxylation is 2. The van der Waals surface area contributed by atoms with Crippen LogP contribution in [0.25, 0.3) is 0 Å². The van der Waals surface area contributed by atoms with E-state index in [1.807, 2.05) is 62.4 Å². The Balaban J connectivity index is 1.83. The van der Waals surface area contributed by atoms with Gasteiger partial charge in [-0.15, -0.1) is 0 Å². The van der Waals surface area contributed by atoms with Crippen molar-refractivity contribution in [1.82, 2.24) is 0 Å². The lowest BCUT2D eigenvalue weighted by molar-refractivity contribution is -0.136. The number of hydrogen-bond acceptors (Lipinski definition) is 3. The molecule has 2 aliphatic rings. The first-order chi connectivity index (χ1) is 12.0. The van der Waals surface area contributed by atoms with Crippen LogP contribution in [-0.2, 0) is 14.3 Å². The predicted molar refractivity (Wildman–Crippen MR) is 95.2 cm³/mol. The molecule has 0 radical (unpaired) electrons. The van der Waals surface area contributed by atoms with Gasteiger partial charge in [0.1, 0.15) is 6.61 Å². The van der Waals surface area contributed by atoms with Crippen molar-refractivity contribution in [3.8, 4) is 0 Å². The molecule has 0 fully saturated rings. The van der Waals surface area contributed by atoms with Crippen molar-refractivity contribution in [2.24, 2.45) is 0 Å². The maximum Gasteiger partial charge on any atom is 0.336 e. The van der Waals surface area contributed by atoms with Crippen molar-refractivity contribution < 1.29 is 14.3 Å². The van der Waals surface area contributed by atoms with Crippen LogP contribution >= 0.6 is 0 Å². The topological polar surface area (TPSA) is 46.6 Å². The Morgan fingerprint density at radius 2 is 1.76 bits per heavy atom. The van der Waals surface area contributed by atoms with Crippen LogP contribution in [0.15, 0.2) is 59.8 Å². The summed E-state index contributed by atoms with van der Waals surface area (Å²) in [6.45, 7) is 4.15. The third-order valence-electron chi connectivity index (χ3n) is 4.86. The Labute approximate surface area is 146 Å². The molecule has 4 nitrogen and oxygen atoms in total. The summed E-state index contributed by atoms with van der Waals surface area (Å²) in [7, 11) is 0. The summed E-state index contributed by atoms with van der Waals surface area (Å²) >= 11 is 0. The summed E-state index contributed by atoms with van der Waals surface area (Å²) < 4.78 is 5.30. The zero-order chi connectivity index (χ0) is 17.6. The molecule has 0 bridgehead atoms. The Kier molecular flexibility index (Phi) is 3.68. The molecule has 2 aromatic carbocycles. The van der Waals surface area contributed by atoms with Crippen LogP contribution < -0.4 is 4.90 Å². The first-order valence-corrected chi connectivity index (χ1v) is 8.41. The molecule has 2 aromatic rings. The fourth-order valence-corrected chi connectivity index (χ4v) is 3.60. The van der Waals surface area contributed by atoms with Crippen molar-refractivity contribution in [2.75, 3.05) is 11.5 Å². The largest absolute Gasteiger partial charge is 0.456 e. The van der Waals surface area contributed by atoms with E-state index in [9.17, 15) is 9.59 Å². The summed E-state index contributed by atoms with van der Waals surface area (Å²) in [4.78, 5) is 27.0. The maximum atomic E-state index is 12.9. The highest BCUT2D eigenvalue weighted by atomic mass is 16.5.